The third kappa shape index (κ3) is 5.57. The summed E-state index contributed by atoms with van der Waals surface area (Å²) in [6.45, 7) is 3.37. The maximum Gasteiger partial charge on any atom is 0.573 e. The Kier molecular flexibility index (Phi) is 6.68. The number of aromatic nitrogens is 3. The van der Waals surface area contributed by atoms with E-state index in [4.69, 9.17) is 4.74 Å². The number of benzene rings is 2. The number of hydrogen-bond acceptors (Lipinski definition) is 6. The molecule has 30 heavy (non-hydrogen) atoms. The molecule has 0 bridgehead atoms. The summed E-state index contributed by atoms with van der Waals surface area (Å²) in [5.74, 6) is 0.456. The van der Waals surface area contributed by atoms with Gasteiger partial charge in [-0.1, -0.05) is 24.3 Å². The lowest BCUT2D eigenvalue weighted by Crippen LogP contribution is -2.17. The van der Waals surface area contributed by atoms with E-state index in [0.717, 1.165) is 6.29 Å². The molecule has 0 fully saturated rings. The fourth-order valence-electron chi connectivity index (χ4n) is 2.61. The summed E-state index contributed by atoms with van der Waals surface area (Å²) in [7, 11) is 0. The van der Waals surface area contributed by atoms with Crippen molar-refractivity contribution in [2.45, 2.75) is 13.3 Å². The first kappa shape index (κ1) is 21.3. The normalized spacial score (nSPS) is 11.3. The molecule has 0 aliphatic carbocycles. The van der Waals surface area contributed by atoms with Gasteiger partial charge < -0.3 is 14.8 Å². The second-order valence-electron chi connectivity index (χ2n) is 6.08. The highest BCUT2D eigenvalue weighted by Crippen LogP contribution is 2.26. The van der Waals surface area contributed by atoms with Gasteiger partial charge in [-0.05, 0) is 31.2 Å². The van der Waals surface area contributed by atoms with Gasteiger partial charge in [-0.2, -0.15) is 9.67 Å². The fourth-order valence-corrected chi connectivity index (χ4v) is 2.61. The molecule has 0 spiro atoms. The van der Waals surface area contributed by atoms with Crippen molar-refractivity contribution in [2.24, 2.45) is 0 Å². The molecule has 0 aliphatic heterocycles. The van der Waals surface area contributed by atoms with Crippen molar-refractivity contribution in [3.05, 3.63) is 54.1 Å². The van der Waals surface area contributed by atoms with Crippen LogP contribution in [0.25, 0.3) is 17.1 Å². The largest absolute Gasteiger partial charge is 0.573 e. The predicted molar refractivity (Wildman–Crippen MR) is 104 cm³/mol. The number of halogens is 3. The van der Waals surface area contributed by atoms with Crippen molar-refractivity contribution in [2.75, 3.05) is 25.1 Å². The van der Waals surface area contributed by atoms with Crippen LogP contribution in [0, 0.1) is 0 Å². The van der Waals surface area contributed by atoms with Crippen LogP contribution in [0.3, 0.4) is 0 Å². The van der Waals surface area contributed by atoms with Crippen LogP contribution in [0.2, 0.25) is 0 Å². The predicted octanol–water partition coefficient (Wildman–Crippen LogP) is 4.09. The van der Waals surface area contributed by atoms with Gasteiger partial charge in [0.25, 0.3) is 0 Å². The molecule has 1 N–H and O–H groups in total. The van der Waals surface area contributed by atoms with E-state index in [0.29, 0.717) is 48.3 Å². The van der Waals surface area contributed by atoms with E-state index in [2.05, 4.69) is 20.1 Å². The number of hydrogen-bond donors (Lipinski definition) is 1. The minimum absolute atomic E-state index is 0.332. The molecule has 0 atom stereocenters. The van der Waals surface area contributed by atoms with E-state index in [1.54, 1.807) is 24.3 Å². The van der Waals surface area contributed by atoms with E-state index in [1.807, 2.05) is 6.92 Å². The number of nitrogens with one attached hydrogen (secondary N) is 1. The molecular weight excluding hydrogens is 401 g/mol. The van der Waals surface area contributed by atoms with E-state index >= 15 is 0 Å². The van der Waals surface area contributed by atoms with Gasteiger partial charge in [-0.3, -0.25) is 4.79 Å². The minimum atomic E-state index is -4.76. The van der Waals surface area contributed by atoms with Gasteiger partial charge >= 0.3 is 6.36 Å². The number of alkyl halides is 3. The number of anilines is 1. The summed E-state index contributed by atoms with van der Waals surface area (Å²) in [6.07, 6.45) is -4.03. The monoisotopic (exact) mass is 420 g/mol. The Bertz CT molecular complexity index is 970. The number of carbonyl (C=O) groups is 1. The average molecular weight is 420 g/mol. The van der Waals surface area contributed by atoms with Crippen molar-refractivity contribution in [1.29, 1.82) is 0 Å². The highest BCUT2D eigenvalue weighted by atomic mass is 19.4. The van der Waals surface area contributed by atoms with Gasteiger partial charge in [0.2, 0.25) is 5.95 Å². The van der Waals surface area contributed by atoms with Gasteiger partial charge in [-0.25, -0.2) is 0 Å². The molecule has 3 rings (SSSR count). The summed E-state index contributed by atoms with van der Waals surface area (Å²) < 4.78 is 47.8. The third-order valence-electron chi connectivity index (χ3n) is 3.96. The maximum atomic E-state index is 12.4. The molecule has 0 unspecified atom stereocenters. The Morgan fingerprint density at radius 2 is 1.80 bits per heavy atom. The number of nitrogens with zero attached hydrogens (tertiary/aromatic N) is 3. The van der Waals surface area contributed by atoms with E-state index in [1.165, 1.54) is 28.9 Å². The second kappa shape index (κ2) is 9.40. The van der Waals surface area contributed by atoms with E-state index in [-0.39, 0.29) is 5.75 Å². The maximum absolute atomic E-state index is 12.4. The number of carbonyl (C=O) groups excluding carboxylic acids is 1. The first-order valence-corrected chi connectivity index (χ1v) is 9.10. The standard InChI is InChI=1S/C20H19F3N4O3/c1-2-29-12-11-24-19-25-18(15-5-3-14(13-28)4-6-15)26-27(19)16-7-9-17(10-8-16)30-20(21,22)23/h3-10,13H,2,11-12H2,1H3,(H,24,25,26). The number of rotatable bonds is 9. The number of ether oxygens (including phenoxy) is 2. The number of aldehydes is 1. The molecule has 2 aromatic carbocycles. The second-order valence-corrected chi connectivity index (χ2v) is 6.08. The zero-order valence-corrected chi connectivity index (χ0v) is 16.0. The first-order chi connectivity index (χ1) is 14.4. The minimum Gasteiger partial charge on any atom is -0.406 e. The van der Waals surface area contributed by atoms with Gasteiger partial charge in [-0.15, -0.1) is 18.3 Å². The van der Waals surface area contributed by atoms with Crippen molar-refractivity contribution >= 4 is 12.2 Å². The Morgan fingerprint density at radius 3 is 2.40 bits per heavy atom. The zero-order chi connectivity index (χ0) is 21.6. The van der Waals surface area contributed by atoms with Gasteiger partial charge in [0.15, 0.2) is 5.82 Å². The SMILES string of the molecule is CCOCCNc1nc(-c2ccc(C=O)cc2)nn1-c1ccc(OC(F)(F)F)cc1. The Hall–Kier alpha value is -3.40. The summed E-state index contributed by atoms with van der Waals surface area (Å²) in [4.78, 5) is 15.3. The molecule has 1 heterocycles. The Labute approximate surface area is 170 Å². The Morgan fingerprint density at radius 1 is 1.10 bits per heavy atom. The molecule has 3 aromatic rings. The van der Waals surface area contributed by atoms with Crippen molar-refractivity contribution < 1.29 is 27.4 Å². The lowest BCUT2D eigenvalue weighted by Gasteiger charge is -2.11. The smallest absolute Gasteiger partial charge is 0.406 e. The summed E-state index contributed by atoms with van der Waals surface area (Å²) in [5, 5.41) is 7.57. The topological polar surface area (TPSA) is 78.3 Å². The van der Waals surface area contributed by atoms with Crippen molar-refractivity contribution in [3.8, 4) is 22.8 Å². The van der Waals surface area contributed by atoms with Crippen LogP contribution < -0.4 is 10.1 Å². The van der Waals surface area contributed by atoms with Crippen LogP contribution in [0.4, 0.5) is 19.1 Å². The zero-order valence-electron chi connectivity index (χ0n) is 16.0. The fraction of sp³-hybridized carbons (Fsp3) is 0.250. The third-order valence-corrected chi connectivity index (χ3v) is 3.96. The van der Waals surface area contributed by atoms with E-state index in [9.17, 15) is 18.0 Å². The molecule has 158 valence electrons. The highest BCUT2D eigenvalue weighted by Gasteiger charge is 2.31. The average Bonchev–Trinajstić information content (AvgIpc) is 3.15. The molecular formula is C20H19F3N4O3. The van der Waals surface area contributed by atoms with Crippen LogP contribution in [-0.2, 0) is 4.74 Å². The highest BCUT2D eigenvalue weighted by molar-refractivity contribution is 5.76. The van der Waals surface area contributed by atoms with Gasteiger partial charge in [0.1, 0.15) is 12.0 Å². The van der Waals surface area contributed by atoms with Crippen molar-refractivity contribution in [1.82, 2.24) is 14.8 Å². The summed E-state index contributed by atoms with van der Waals surface area (Å²) in [5.41, 5.74) is 1.70. The summed E-state index contributed by atoms with van der Waals surface area (Å²) >= 11 is 0. The van der Waals surface area contributed by atoms with E-state index < -0.39 is 6.36 Å². The quantitative estimate of drug-likeness (QED) is 0.415. The molecule has 0 amide bonds. The van der Waals surface area contributed by atoms with Crippen LogP contribution in [0.1, 0.15) is 17.3 Å². The first-order valence-electron chi connectivity index (χ1n) is 9.10. The molecule has 0 saturated heterocycles. The Balaban J connectivity index is 1.90. The molecule has 0 aliphatic rings. The molecule has 7 nitrogen and oxygen atoms in total. The van der Waals surface area contributed by atoms with Crippen LogP contribution >= 0.6 is 0 Å². The lowest BCUT2D eigenvalue weighted by atomic mass is 10.1. The van der Waals surface area contributed by atoms with Crippen LogP contribution in [-0.4, -0.2) is 47.2 Å². The van der Waals surface area contributed by atoms with Crippen molar-refractivity contribution in [3.63, 3.8) is 0 Å². The summed E-state index contributed by atoms with van der Waals surface area (Å²) in [6, 6.07) is 12.0. The lowest BCUT2D eigenvalue weighted by molar-refractivity contribution is -0.274. The molecule has 1 aromatic heterocycles. The molecule has 0 saturated carbocycles. The van der Waals surface area contributed by atoms with Gasteiger partial charge in [0, 0.05) is 24.3 Å². The molecule has 10 heteroatoms. The molecule has 0 radical (unpaired) electrons. The van der Waals surface area contributed by atoms with Crippen LogP contribution in [0.5, 0.6) is 5.75 Å². The van der Waals surface area contributed by atoms with Gasteiger partial charge in [0.05, 0.1) is 12.3 Å². The van der Waals surface area contributed by atoms with Crippen LogP contribution in [0.15, 0.2) is 48.5 Å².